The highest BCUT2D eigenvalue weighted by molar-refractivity contribution is 6.35. The van der Waals surface area contributed by atoms with Gasteiger partial charge >= 0.3 is 6.18 Å². The van der Waals surface area contributed by atoms with E-state index in [4.69, 9.17) is 39.5 Å². The second kappa shape index (κ2) is 11.0. The number of aromatic nitrogens is 1. The van der Waals surface area contributed by atoms with Gasteiger partial charge in [0.2, 0.25) is 0 Å². The molecule has 0 aliphatic carbocycles. The number of nitrogens with one attached hydrogen (secondary N) is 2. The van der Waals surface area contributed by atoms with Gasteiger partial charge in [-0.1, -0.05) is 34.8 Å². The Bertz CT molecular complexity index is 1210. The number of amides is 2. The topological polar surface area (TPSA) is 83.6 Å². The number of nitrogens with zero attached hydrogens (tertiary/aromatic N) is 2. The quantitative estimate of drug-likeness (QED) is 0.424. The van der Waals surface area contributed by atoms with Crippen molar-refractivity contribution in [3.05, 3.63) is 51.1 Å². The number of hydrogen-bond donors (Lipinski definition) is 2. The largest absolute Gasteiger partial charge is 0.476 e. The molecule has 0 radical (unpaired) electrons. The molecule has 2 atom stereocenters. The molecule has 7 nitrogen and oxygen atoms in total. The number of benzene rings is 1. The van der Waals surface area contributed by atoms with Crippen molar-refractivity contribution < 1.29 is 27.5 Å². The smallest absolute Gasteiger partial charge is 0.405 e. The lowest BCUT2D eigenvalue weighted by molar-refractivity contribution is -0.135. The van der Waals surface area contributed by atoms with Crippen LogP contribution in [0.5, 0.6) is 5.75 Å². The van der Waals surface area contributed by atoms with Gasteiger partial charge in [0, 0.05) is 29.3 Å². The first kappa shape index (κ1) is 28.6. The van der Waals surface area contributed by atoms with Gasteiger partial charge in [0.1, 0.15) is 18.1 Å². The molecule has 1 aromatic heterocycles. The van der Waals surface area contributed by atoms with E-state index in [1.54, 1.807) is 32.0 Å². The van der Waals surface area contributed by atoms with Crippen LogP contribution in [-0.2, 0) is 4.79 Å². The van der Waals surface area contributed by atoms with Gasteiger partial charge in [-0.25, -0.2) is 4.98 Å². The van der Waals surface area contributed by atoms with Gasteiger partial charge in [0.15, 0.2) is 5.60 Å². The minimum Gasteiger partial charge on any atom is -0.476 e. The summed E-state index contributed by atoms with van der Waals surface area (Å²) in [7, 11) is 0. The third kappa shape index (κ3) is 6.58. The van der Waals surface area contributed by atoms with Crippen molar-refractivity contribution >= 4 is 52.4 Å². The zero-order valence-corrected chi connectivity index (χ0v) is 22.8. The highest BCUT2D eigenvalue weighted by Gasteiger charge is 2.44. The van der Waals surface area contributed by atoms with E-state index in [2.05, 4.69) is 15.2 Å². The highest BCUT2D eigenvalue weighted by Crippen LogP contribution is 2.41. The highest BCUT2D eigenvalue weighted by atomic mass is 35.5. The molecule has 1 aromatic carbocycles. The second-order valence-electron chi connectivity index (χ2n) is 9.95. The van der Waals surface area contributed by atoms with Crippen LogP contribution in [0.25, 0.3) is 0 Å². The number of rotatable bonds is 7. The van der Waals surface area contributed by atoms with Crippen molar-refractivity contribution in [1.29, 1.82) is 0 Å². The Hall–Kier alpha value is -2.43. The Morgan fingerprint density at radius 2 is 1.74 bits per heavy atom. The van der Waals surface area contributed by atoms with E-state index in [0.717, 1.165) is 12.8 Å². The molecule has 2 fully saturated rings. The molecule has 0 saturated carbocycles. The van der Waals surface area contributed by atoms with E-state index >= 15 is 0 Å². The number of pyridine rings is 1. The Labute approximate surface area is 233 Å². The van der Waals surface area contributed by atoms with Gasteiger partial charge in [0.25, 0.3) is 11.8 Å². The molecule has 2 bridgehead atoms. The van der Waals surface area contributed by atoms with E-state index in [-0.39, 0.29) is 34.6 Å². The van der Waals surface area contributed by atoms with Crippen molar-refractivity contribution in [3.63, 3.8) is 0 Å². The van der Waals surface area contributed by atoms with Crippen LogP contribution in [0.1, 0.15) is 49.9 Å². The summed E-state index contributed by atoms with van der Waals surface area (Å²) in [6.45, 7) is 1.88. The fourth-order valence-corrected chi connectivity index (χ4v) is 5.62. The molecule has 2 N–H and O–H groups in total. The number of anilines is 1. The van der Waals surface area contributed by atoms with Crippen molar-refractivity contribution in [2.75, 3.05) is 11.4 Å². The second-order valence-corrected chi connectivity index (χ2v) is 11.2. The number of piperidine rings is 1. The molecule has 3 heterocycles. The number of fused-ring (bicyclic) bond motifs is 2. The van der Waals surface area contributed by atoms with Crippen LogP contribution in [0, 0.1) is 0 Å². The molecule has 4 rings (SSSR count). The minimum atomic E-state index is -4.52. The van der Waals surface area contributed by atoms with Gasteiger partial charge in [-0.15, -0.1) is 0 Å². The molecule has 0 spiro atoms. The van der Waals surface area contributed by atoms with Crippen LogP contribution in [0.3, 0.4) is 0 Å². The Kier molecular flexibility index (Phi) is 8.26. The van der Waals surface area contributed by atoms with Crippen molar-refractivity contribution in [2.45, 2.75) is 69.4 Å². The van der Waals surface area contributed by atoms with E-state index in [0.29, 0.717) is 34.5 Å². The van der Waals surface area contributed by atoms with E-state index in [1.165, 1.54) is 12.3 Å². The summed E-state index contributed by atoms with van der Waals surface area (Å²) in [6.07, 6.45) is -0.276. The molecule has 2 aromatic rings. The lowest BCUT2D eigenvalue weighted by atomic mass is 9.96. The molecule has 38 heavy (non-hydrogen) atoms. The predicted octanol–water partition coefficient (Wildman–Crippen LogP) is 5.81. The van der Waals surface area contributed by atoms with Crippen LogP contribution < -0.4 is 20.3 Å². The van der Waals surface area contributed by atoms with E-state index in [1.807, 2.05) is 5.32 Å². The maximum atomic E-state index is 13.1. The summed E-state index contributed by atoms with van der Waals surface area (Å²) >= 11 is 18.6. The zero-order chi connectivity index (χ0) is 27.8. The number of ether oxygens (including phenoxy) is 1. The summed E-state index contributed by atoms with van der Waals surface area (Å²) in [5, 5.41) is 5.84. The fraction of sp³-hybridized carbons (Fsp3) is 0.480. The minimum absolute atomic E-state index is 0.0451. The molecule has 2 aliphatic heterocycles. The molecule has 13 heteroatoms. The summed E-state index contributed by atoms with van der Waals surface area (Å²) in [4.78, 5) is 31.6. The summed E-state index contributed by atoms with van der Waals surface area (Å²) < 4.78 is 43.1. The first-order chi connectivity index (χ1) is 17.7. The standard InChI is InChI=1S/C25H26Cl3F3N4O3/c1-24(2,38-20-6-3-14(26)8-18(20)27)23(37)34-15-9-16-4-5-17(10-15)35(16)21-19(28)7-13(11-32-21)22(36)33-12-25(29,30)31/h3,6-8,11,15-17H,4-5,9-10,12H2,1-2H3,(H,33,36)(H,34,37). The summed E-state index contributed by atoms with van der Waals surface area (Å²) in [5.41, 5.74) is -1.25. The average Bonchev–Trinajstić information content (AvgIpc) is 3.08. The summed E-state index contributed by atoms with van der Waals surface area (Å²) in [5.74, 6) is -0.371. The molecule has 2 unspecified atom stereocenters. The van der Waals surface area contributed by atoms with Crippen molar-refractivity contribution in [1.82, 2.24) is 15.6 Å². The Morgan fingerprint density at radius 1 is 1.08 bits per heavy atom. The van der Waals surface area contributed by atoms with Gasteiger partial charge < -0.3 is 20.3 Å². The lowest BCUT2D eigenvalue weighted by Gasteiger charge is -2.41. The molecule has 2 saturated heterocycles. The third-order valence-corrected chi connectivity index (χ3v) is 7.46. The van der Waals surface area contributed by atoms with Crippen LogP contribution in [-0.4, -0.2) is 53.2 Å². The number of hydrogen-bond acceptors (Lipinski definition) is 5. The maximum Gasteiger partial charge on any atom is 0.405 e. The van der Waals surface area contributed by atoms with Crippen LogP contribution in [0.2, 0.25) is 15.1 Å². The molecule has 206 valence electrons. The molecular formula is C25H26Cl3F3N4O3. The number of alkyl halides is 3. The van der Waals surface area contributed by atoms with Crippen molar-refractivity contribution in [3.8, 4) is 5.75 Å². The van der Waals surface area contributed by atoms with Crippen LogP contribution in [0.4, 0.5) is 19.0 Å². The van der Waals surface area contributed by atoms with Crippen LogP contribution in [0.15, 0.2) is 30.5 Å². The SMILES string of the molecule is CC(C)(Oc1ccc(Cl)cc1Cl)C(=O)NC1CC2CCC(C1)N2c1ncc(C(=O)NCC(F)(F)F)cc1Cl. The van der Waals surface area contributed by atoms with Crippen molar-refractivity contribution in [2.24, 2.45) is 0 Å². The van der Waals surface area contributed by atoms with Gasteiger partial charge in [-0.05, 0) is 63.8 Å². The molecule has 2 aliphatic rings. The average molecular weight is 594 g/mol. The van der Waals surface area contributed by atoms with Gasteiger partial charge in [-0.3, -0.25) is 9.59 Å². The van der Waals surface area contributed by atoms with Gasteiger partial charge in [0.05, 0.1) is 15.6 Å². The fourth-order valence-electron chi connectivity index (χ4n) is 4.91. The van der Waals surface area contributed by atoms with Crippen LogP contribution >= 0.6 is 34.8 Å². The first-order valence-electron chi connectivity index (χ1n) is 12.0. The van der Waals surface area contributed by atoms with E-state index in [9.17, 15) is 22.8 Å². The monoisotopic (exact) mass is 592 g/mol. The van der Waals surface area contributed by atoms with E-state index < -0.39 is 24.2 Å². The normalized spacial score (nSPS) is 21.3. The third-order valence-electron chi connectivity index (χ3n) is 6.65. The lowest BCUT2D eigenvalue weighted by Crippen LogP contribution is -2.55. The Morgan fingerprint density at radius 3 is 2.32 bits per heavy atom. The number of carbonyl (C=O) groups excluding carboxylic acids is 2. The Balaban J connectivity index is 1.39. The zero-order valence-electron chi connectivity index (χ0n) is 20.5. The first-order valence-corrected chi connectivity index (χ1v) is 13.1. The number of carbonyl (C=O) groups is 2. The molecule has 2 amide bonds. The summed E-state index contributed by atoms with van der Waals surface area (Å²) in [6, 6.07) is 6.09. The number of halogens is 6. The predicted molar refractivity (Wildman–Crippen MR) is 139 cm³/mol. The molecular weight excluding hydrogens is 568 g/mol. The maximum absolute atomic E-state index is 13.1. The van der Waals surface area contributed by atoms with Gasteiger partial charge in [-0.2, -0.15) is 13.2 Å².